The fourth-order valence-electron chi connectivity index (χ4n) is 1.99. The van der Waals surface area contributed by atoms with Crippen molar-refractivity contribution in [2.45, 2.75) is 50.2 Å². The second-order valence-corrected chi connectivity index (χ2v) is 5.50. The van der Waals surface area contributed by atoms with Gasteiger partial charge in [0.2, 0.25) is 5.16 Å². The fraction of sp³-hybridized carbons (Fsp3) is 0.583. The smallest absolute Gasteiger partial charge is 0.325 e. The Morgan fingerprint density at radius 3 is 2.86 bits per heavy atom. The van der Waals surface area contributed by atoms with Crippen LogP contribution in [0, 0.1) is 0 Å². The monoisotopic (exact) mass is 310 g/mol. The number of rotatable bonds is 8. The Bertz CT molecular complexity index is 592. The maximum Gasteiger partial charge on any atom is 0.325 e. The number of aliphatic carboxylic acids is 1. The second kappa shape index (κ2) is 7.21. The molecule has 2 aromatic heterocycles. The first-order chi connectivity index (χ1) is 10.1. The third kappa shape index (κ3) is 4.03. The molecule has 0 radical (unpaired) electrons. The first kappa shape index (κ1) is 15.5. The van der Waals surface area contributed by atoms with Crippen LogP contribution in [-0.2, 0) is 17.1 Å². The standard InChI is InChI=1S/C12H18N6O2S/c1-3-10(4-2)17-6-5-9(14-17)8-21-12-13-15-16-18(12)7-11(19)20/h5-6,10H,3-4,7-8H2,1-2H3,(H,19,20). The van der Waals surface area contributed by atoms with Gasteiger partial charge in [0.1, 0.15) is 6.54 Å². The molecule has 0 aromatic carbocycles. The summed E-state index contributed by atoms with van der Waals surface area (Å²) in [7, 11) is 0. The number of thioether (sulfide) groups is 1. The summed E-state index contributed by atoms with van der Waals surface area (Å²) in [4.78, 5) is 10.7. The van der Waals surface area contributed by atoms with E-state index in [9.17, 15) is 4.79 Å². The Morgan fingerprint density at radius 1 is 1.43 bits per heavy atom. The molecule has 2 rings (SSSR count). The molecular formula is C12H18N6O2S. The largest absolute Gasteiger partial charge is 0.480 e. The van der Waals surface area contributed by atoms with E-state index >= 15 is 0 Å². The van der Waals surface area contributed by atoms with Crippen LogP contribution in [0.3, 0.4) is 0 Å². The van der Waals surface area contributed by atoms with E-state index in [-0.39, 0.29) is 6.54 Å². The lowest BCUT2D eigenvalue weighted by Crippen LogP contribution is -2.11. The predicted octanol–water partition coefficient (Wildman–Crippen LogP) is 1.61. The van der Waals surface area contributed by atoms with Crippen molar-refractivity contribution in [1.82, 2.24) is 30.0 Å². The van der Waals surface area contributed by atoms with Crippen molar-refractivity contribution in [3.8, 4) is 0 Å². The van der Waals surface area contributed by atoms with Gasteiger partial charge >= 0.3 is 5.97 Å². The van der Waals surface area contributed by atoms with Gasteiger partial charge in [0, 0.05) is 11.9 Å². The van der Waals surface area contributed by atoms with Gasteiger partial charge in [-0.3, -0.25) is 9.48 Å². The molecule has 114 valence electrons. The molecule has 2 aromatic rings. The fourth-order valence-corrected chi connectivity index (χ4v) is 2.76. The highest BCUT2D eigenvalue weighted by Crippen LogP contribution is 2.20. The Balaban J connectivity index is 1.97. The molecule has 0 fully saturated rings. The maximum absolute atomic E-state index is 10.7. The molecule has 0 saturated carbocycles. The molecule has 1 N–H and O–H groups in total. The van der Waals surface area contributed by atoms with Crippen LogP contribution in [-0.4, -0.2) is 41.1 Å². The van der Waals surface area contributed by atoms with Crippen molar-refractivity contribution in [2.24, 2.45) is 0 Å². The predicted molar refractivity (Wildman–Crippen MR) is 76.9 cm³/mol. The number of hydrogen-bond acceptors (Lipinski definition) is 6. The van der Waals surface area contributed by atoms with Crippen LogP contribution < -0.4 is 0 Å². The number of hydrogen-bond donors (Lipinski definition) is 1. The minimum Gasteiger partial charge on any atom is -0.480 e. The molecule has 0 atom stereocenters. The van der Waals surface area contributed by atoms with E-state index < -0.39 is 5.97 Å². The lowest BCUT2D eigenvalue weighted by atomic mass is 10.2. The van der Waals surface area contributed by atoms with E-state index in [1.807, 2.05) is 16.9 Å². The number of tetrazole rings is 1. The van der Waals surface area contributed by atoms with Crippen molar-refractivity contribution in [3.63, 3.8) is 0 Å². The molecule has 0 aliphatic rings. The van der Waals surface area contributed by atoms with E-state index in [2.05, 4.69) is 34.5 Å². The molecule has 2 heterocycles. The lowest BCUT2D eigenvalue weighted by molar-refractivity contribution is -0.138. The van der Waals surface area contributed by atoms with Crippen LogP contribution in [0.25, 0.3) is 0 Å². The second-order valence-electron chi connectivity index (χ2n) is 4.56. The van der Waals surface area contributed by atoms with E-state index in [1.54, 1.807) is 0 Å². The zero-order valence-corrected chi connectivity index (χ0v) is 12.8. The quantitative estimate of drug-likeness (QED) is 0.739. The molecule has 0 spiro atoms. The summed E-state index contributed by atoms with van der Waals surface area (Å²) >= 11 is 1.38. The Morgan fingerprint density at radius 2 is 2.19 bits per heavy atom. The van der Waals surface area contributed by atoms with Gasteiger partial charge in [-0.15, -0.1) is 5.10 Å². The first-order valence-corrected chi connectivity index (χ1v) is 7.77. The van der Waals surface area contributed by atoms with Crippen molar-refractivity contribution < 1.29 is 9.90 Å². The Labute approximate surface area is 126 Å². The molecule has 0 aliphatic heterocycles. The van der Waals surface area contributed by atoms with E-state index in [0.29, 0.717) is 17.0 Å². The van der Waals surface area contributed by atoms with Crippen LogP contribution in [0.1, 0.15) is 38.4 Å². The molecule has 0 saturated heterocycles. The summed E-state index contributed by atoms with van der Waals surface area (Å²) in [5.74, 6) is -0.366. The lowest BCUT2D eigenvalue weighted by Gasteiger charge is -2.12. The van der Waals surface area contributed by atoms with Crippen molar-refractivity contribution >= 4 is 17.7 Å². The average Bonchev–Trinajstić information content (AvgIpc) is 3.07. The minimum atomic E-state index is -0.970. The normalized spacial score (nSPS) is 11.2. The van der Waals surface area contributed by atoms with E-state index in [1.165, 1.54) is 16.4 Å². The third-order valence-electron chi connectivity index (χ3n) is 3.11. The van der Waals surface area contributed by atoms with Crippen LogP contribution in [0.5, 0.6) is 0 Å². The van der Waals surface area contributed by atoms with Gasteiger partial charge in [0.05, 0.1) is 11.7 Å². The number of carbonyl (C=O) groups is 1. The number of aromatic nitrogens is 6. The highest BCUT2D eigenvalue weighted by molar-refractivity contribution is 7.98. The minimum absolute atomic E-state index is 0.239. The van der Waals surface area contributed by atoms with Gasteiger partial charge in [0.15, 0.2) is 0 Å². The number of nitrogens with zero attached hydrogens (tertiary/aromatic N) is 6. The van der Waals surface area contributed by atoms with Crippen LogP contribution in [0.15, 0.2) is 17.4 Å². The summed E-state index contributed by atoms with van der Waals surface area (Å²) in [6.07, 6.45) is 4.07. The van der Waals surface area contributed by atoms with Gasteiger partial charge in [-0.1, -0.05) is 25.6 Å². The highest BCUT2D eigenvalue weighted by atomic mass is 32.2. The van der Waals surface area contributed by atoms with E-state index in [0.717, 1.165) is 18.5 Å². The van der Waals surface area contributed by atoms with Gasteiger partial charge in [-0.25, -0.2) is 4.68 Å². The molecule has 21 heavy (non-hydrogen) atoms. The molecule has 0 amide bonds. The highest BCUT2D eigenvalue weighted by Gasteiger charge is 2.12. The zero-order valence-electron chi connectivity index (χ0n) is 12.0. The molecule has 0 bridgehead atoms. The van der Waals surface area contributed by atoms with Crippen molar-refractivity contribution in [2.75, 3.05) is 0 Å². The molecule has 0 unspecified atom stereocenters. The summed E-state index contributed by atoms with van der Waals surface area (Å²) in [5.41, 5.74) is 0.928. The summed E-state index contributed by atoms with van der Waals surface area (Å²) < 4.78 is 3.25. The number of carboxylic acids is 1. The zero-order chi connectivity index (χ0) is 15.2. The van der Waals surface area contributed by atoms with Gasteiger partial charge in [0.25, 0.3) is 0 Å². The first-order valence-electron chi connectivity index (χ1n) is 6.78. The third-order valence-corrected chi connectivity index (χ3v) is 4.10. The maximum atomic E-state index is 10.7. The van der Waals surface area contributed by atoms with E-state index in [4.69, 9.17) is 5.11 Å². The van der Waals surface area contributed by atoms with Crippen LogP contribution >= 0.6 is 11.8 Å². The number of carboxylic acid groups (broad SMARTS) is 1. The van der Waals surface area contributed by atoms with Crippen LogP contribution in [0.2, 0.25) is 0 Å². The van der Waals surface area contributed by atoms with Crippen molar-refractivity contribution in [1.29, 1.82) is 0 Å². The van der Waals surface area contributed by atoms with Crippen molar-refractivity contribution in [3.05, 3.63) is 18.0 Å². The summed E-state index contributed by atoms with van der Waals surface area (Å²) in [6.45, 7) is 4.05. The summed E-state index contributed by atoms with van der Waals surface area (Å²) in [5, 5.41) is 24.8. The molecule has 9 heteroatoms. The van der Waals surface area contributed by atoms with Gasteiger partial charge in [-0.2, -0.15) is 5.10 Å². The Kier molecular flexibility index (Phi) is 5.32. The van der Waals surface area contributed by atoms with Crippen LogP contribution in [0.4, 0.5) is 0 Å². The van der Waals surface area contributed by atoms with Gasteiger partial charge < -0.3 is 5.11 Å². The SMILES string of the molecule is CCC(CC)n1ccc(CSc2nnnn2CC(=O)O)n1. The summed E-state index contributed by atoms with van der Waals surface area (Å²) in [6, 6.07) is 2.39. The molecule has 8 nitrogen and oxygen atoms in total. The Hall–Kier alpha value is -1.90. The topological polar surface area (TPSA) is 98.7 Å². The van der Waals surface area contributed by atoms with Gasteiger partial charge in [-0.05, 0) is 29.3 Å². The average molecular weight is 310 g/mol. The molecule has 0 aliphatic carbocycles. The molecular weight excluding hydrogens is 292 g/mol.